The lowest BCUT2D eigenvalue weighted by Crippen LogP contribution is -2.59. The number of benzene rings is 3. The maximum absolute atomic E-state index is 13.9. The molecule has 298 valence electrons. The monoisotopic (exact) mass is 760 g/mol. The summed E-state index contributed by atoms with van der Waals surface area (Å²) in [7, 11) is 0. The second-order valence-corrected chi connectivity index (χ2v) is 15.2. The van der Waals surface area contributed by atoms with Crippen molar-refractivity contribution in [3.8, 4) is 5.75 Å². The third-order valence-electron chi connectivity index (χ3n) is 9.72. The minimum absolute atomic E-state index is 0.134. The van der Waals surface area contributed by atoms with Gasteiger partial charge in [-0.05, 0) is 60.4 Å². The van der Waals surface area contributed by atoms with E-state index in [2.05, 4.69) is 21.3 Å². The van der Waals surface area contributed by atoms with Crippen LogP contribution in [0.5, 0.6) is 5.75 Å². The molecule has 3 rings (SSSR count). The van der Waals surface area contributed by atoms with Crippen molar-refractivity contribution >= 4 is 46.7 Å². The summed E-state index contributed by atoms with van der Waals surface area (Å²) in [6, 6.07) is 15.4. The Labute approximate surface area is 323 Å². The highest BCUT2D eigenvalue weighted by Crippen LogP contribution is 2.29. The second-order valence-electron chi connectivity index (χ2n) is 15.2. The van der Waals surface area contributed by atoms with Crippen LogP contribution in [0.1, 0.15) is 84.2 Å². The van der Waals surface area contributed by atoms with E-state index in [1.54, 1.807) is 71.0 Å². The molecule has 6 N–H and O–H groups in total. The topological polar surface area (TPSA) is 200 Å². The van der Waals surface area contributed by atoms with Gasteiger partial charge in [0.1, 0.15) is 23.9 Å². The van der Waals surface area contributed by atoms with Crippen molar-refractivity contribution in [1.29, 1.82) is 0 Å². The van der Waals surface area contributed by atoms with E-state index < -0.39 is 83.7 Å². The normalized spacial score (nSPS) is 14.9. The quantitative estimate of drug-likeness (QED) is 0.0915. The molecule has 0 saturated heterocycles. The minimum Gasteiger partial charge on any atom is -0.480 e. The Morgan fingerprint density at radius 2 is 1.36 bits per heavy atom. The van der Waals surface area contributed by atoms with E-state index in [9.17, 15) is 39.0 Å². The molecule has 0 aliphatic carbocycles. The van der Waals surface area contributed by atoms with E-state index in [0.717, 1.165) is 10.9 Å². The fourth-order valence-corrected chi connectivity index (χ4v) is 6.10. The maximum Gasteiger partial charge on any atom is 0.326 e. The van der Waals surface area contributed by atoms with Gasteiger partial charge in [-0.25, -0.2) is 4.79 Å². The number of ether oxygens (including phenoxy) is 1. The standard InChI is InChI=1S/C42H56N4O9/c1-9-26(6)37(39(51)45-36(25(4)5)40(52)53)44-34(49)22-32(48)31(21-27-15-11-10-12-16-27)43-38(50)35(24(2)3)46-41(54)42(7,8)55-33-20-19-28-17-13-14-18-29(28)30(33)23-47/h10-20,23-26,31-32,35-37,48H,9,21-22H2,1-8H3,(H,43,50)(H,44,49)(H,45,51)(H,46,54)(H,52,53)/t26-,31-,32-,35-,36-,37-/m0/s1. The fraction of sp³-hybridized carbons (Fsp3) is 0.476. The molecule has 13 nitrogen and oxygen atoms in total. The summed E-state index contributed by atoms with van der Waals surface area (Å²) < 4.78 is 6.10. The van der Waals surface area contributed by atoms with Gasteiger partial charge >= 0.3 is 5.97 Å². The first-order chi connectivity index (χ1) is 25.9. The highest BCUT2D eigenvalue weighted by atomic mass is 16.5. The maximum atomic E-state index is 13.9. The van der Waals surface area contributed by atoms with E-state index >= 15 is 0 Å². The average molecular weight is 761 g/mol. The number of rotatable bonds is 20. The average Bonchev–Trinajstić information content (AvgIpc) is 3.13. The molecule has 55 heavy (non-hydrogen) atoms. The van der Waals surface area contributed by atoms with E-state index in [0.29, 0.717) is 18.1 Å². The first-order valence-electron chi connectivity index (χ1n) is 18.7. The predicted molar refractivity (Wildman–Crippen MR) is 209 cm³/mol. The highest BCUT2D eigenvalue weighted by molar-refractivity contribution is 6.01. The number of aliphatic hydroxyl groups excluding tert-OH is 1. The molecule has 0 aliphatic heterocycles. The number of fused-ring (bicyclic) bond motifs is 1. The number of carboxylic acids is 1. The largest absolute Gasteiger partial charge is 0.480 e. The van der Waals surface area contributed by atoms with Crippen molar-refractivity contribution in [1.82, 2.24) is 21.3 Å². The smallest absolute Gasteiger partial charge is 0.326 e. The highest BCUT2D eigenvalue weighted by Gasteiger charge is 2.37. The Kier molecular flexibility index (Phi) is 15.9. The number of aliphatic carboxylic acids is 1. The summed E-state index contributed by atoms with van der Waals surface area (Å²) in [6.45, 7) is 13.5. The molecule has 0 unspecified atom stereocenters. The third-order valence-corrected chi connectivity index (χ3v) is 9.72. The Balaban J connectivity index is 1.80. The van der Waals surface area contributed by atoms with Crippen molar-refractivity contribution in [3.05, 3.63) is 77.9 Å². The number of aldehydes is 1. The molecule has 0 aliphatic rings. The molecule has 0 bridgehead atoms. The van der Waals surface area contributed by atoms with Gasteiger partial charge < -0.3 is 36.2 Å². The van der Waals surface area contributed by atoms with Crippen molar-refractivity contribution in [2.24, 2.45) is 17.8 Å². The summed E-state index contributed by atoms with van der Waals surface area (Å²) in [5.74, 6) is -4.74. The van der Waals surface area contributed by atoms with Gasteiger partial charge in [-0.15, -0.1) is 0 Å². The van der Waals surface area contributed by atoms with Crippen LogP contribution >= 0.6 is 0 Å². The summed E-state index contributed by atoms with van der Waals surface area (Å²) in [5.41, 5.74) is -0.471. The number of carbonyl (C=O) groups excluding carboxylic acids is 5. The Bertz CT molecular complexity index is 1810. The number of hydrogen-bond donors (Lipinski definition) is 6. The van der Waals surface area contributed by atoms with Gasteiger partial charge in [0, 0.05) is 0 Å². The van der Waals surface area contributed by atoms with E-state index in [1.165, 1.54) is 13.8 Å². The third kappa shape index (κ3) is 12.1. The molecule has 0 saturated carbocycles. The van der Waals surface area contributed by atoms with Gasteiger partial charge in [-0.3, -0.25) is 24.0 Å². The first-order valence-corrected chi connectivity index (χ1v) is 18.7. The minimum atomic E-state index is -1.52. The molecule has 3 aromatic rings. The lowest BCUT2D eigenvalue weighted by atomic mass is 9.95. The van der Waals surface area contributed by atoms with Crippen LogP contribution in [0.2, 0.25) is 0 Å². The van der Waals surface area contributed by atoms with Gasteiger partial charge in [0.25, 0.3) is 5.91 Å². The van der Waals surface area contributed by atoms with Crippen LogP contribution < -0.4 is 26.0 Å². The van der Waals surface area contributed by atoms with Gasteiger partial charge in [0.15, 0.2) is 11.9 Å². The van der Waals surface area contributed by atoms with Crippen molar-refractivity contribution in [2.45, 2.75) is 111 Å². The zero-order valence-electron chi connectivity index (χ0n) is 32.9. The second kappa shape index (κ2) is 19.9. The number of nitrogens with one attached hydrogen (secondary N) is 4. The summed E-state index contributed by atoms with van der Waals surface area (Å²) in [4.78, 5) is 78.1. The molecular formula is C42H56N4O9. The molecule has 0 aromatic heterocycles. The van der Waals surface area contributed by atoms with Gasteiger partial charge in [-0.2, -0.15) is 0 Å². The van der Waals surface area contributed by atoms with E-state index in [-0.39, 0.29) is 23.7 Å². The predicted octanol–water partition coefficient (Wildman–Crippen LogP) is 4.19. The Morgan fingerprint density at radius 3 is 1.95 bits per heavy atom. The molecule has 0 heterocycles. The van der Waals surface area contributed by atoms with Crippen LogP contribution in [0.15, 0.2) is 66.7 Å². The molecule has 0 spiro atoms. The van der Waals surface area contributed by atoms with Crippen LogP contribution in [-0.4, -0.2) is 82.0 Å². The van der Waals surface area contributed by atoms with Crippen molar-refractivity contribution in [2.75, 3.05) is 0 Å². The van der Waals surface area contributed by atoms with Crippen LogP contribution in [0, 0.1) is 17.8 Å². The lowest BCUT2D eigenvalue weighted by Gasteiger charge is -2.32. The van der Waals surface area contributed by atoms with Crippen molar-refractivity contribution in [3.63, 3.8) is 0 Å². The molecule has 13 heteroatoms. The number of hydrogen-bond acceptors (Lipinski definition) is 8. The van der Waals surface area contributed by atoms with Gasteiger partial charge in [0.2, 0.25) is 17.7 Å². The Hall–Kier alpha value is -5.30. The Morgan fingerprint density at radius 1 is 0.764 bits per heavy atom. The zero-order chi connectivity index (χ0) is 41.0. The number of carbonyl (C=O) groups is 6. The summed E-state index contributed by atoms with van der Waals surface area (Å²) >= 11 is 0. The van der Waals surface area contributed by atoms with Crippen molar-refractivity contribution < 1.29 is 43.7 Å². The number of aliphatic hydroxyl groups is 1. The first kappa shape index (κ1) is 44.1. The molecular weight excluding hydrogens is 704 g/mol. The van der Waals surface area contributed by atoms with E-state index in [1.807, 2.05) is 37.3 Å². The molecule has 0 fully saturated rings. The fourth-order valence-electron chi connectivity index (χ4n) is 6.10. The van der Waals surface area contributed by atoms with Crippen LogP contribution in [0.3, 0.4) is 0 Å². The zero-order valence-corrected chi connectivity index (χ0v) is 32.9. The summed E-state index contributed by atoms with van der Waals surface area (Å²) in [6.07, 6.45) is -0.609. The molecule has 3 aromatic carbocycles. The molecule has 4 amide bonds. The van der Waals surface area contributed by atoms with Gasteiger partial charge in [0.05, 0.1) is 24.1 Å². The number of carboxylic acid groups (broad SMARTS) is 1. The SMILES string of the molecule is CC[C@H](C)[C@H](NC(=O)C[C@H](O)[C@H](Cc1ccccc1)NC(=O)[C@@H](NC(=O)C(C)(C)Oc1ccc2ccccc2c1C=O)C(C)C)C(=O)N[C@H](C(=O)O)C(C)C. The molecule has 6 atom stereocenters. The lowest BCUT2D eigenvalue weighted by molar-refractivity contribution is -0.143. The number of amides is 4. The summed E-state index contributed by atoms with van der Waals surface area (Å²) in [5, 5.41) is 33.3. The molecule has 0 radical (unpaired) electrons. The van der Waals surface area contributed by atoms with E-state index in [4.69, 9.17) is 4.74 Å². The van der Waals surface area contributed by atoms with Crippen LogP contribution in [0.25, 0.3) is 10.8 Å². The van der Waals surface area contributed by atoms with Crippen LogP contribution in [-0.2, 0) is 30.4 Å². The van der Waals surface area contributed by atoms with Crippen LogP contribution in [0.4, 0.5) is 0 Å². The van der Waals surface area contributed by atoms with Gasteiger partial charge in [-0.1, -0.05) is 109 Å².